The first-order valence-corrected chi connectivity index (χ1v) is 10.2. The van der Waals surface area contributed by atoms with Gasteiger partial charge in [-0.25, -0.2) is 9.97 Å². The van der Waals surface area contributed by atoms with Gasteiger partial charge in [0.1, 0.15) is 5.65 Å². The molecule has 0 saturated carbocycles. The van der Waals surface area contributed by atoms with Crippen molar-refractivity contribution < 1.29 is 4.74 Å². The Bertz CT molecular complexity index is 1220. The molecule has 0 amide bonds. The number of imidazole rings is 1. The van der Waals surface area contributed by atoms with Crippen LogP contribution in [0.15, 0.2) is 52.5 Å². The molecule has 0 aliphatic rings. The van der Waals surface area contributed by atoms with Gasteiger partial charge in [0.2, 0.25) is 0 Å². The zero-order valence-corrected chi connectivity index (χ0v) is 17.1. The van der Waals surface area contributed by atoms with Crippen LogP contribution in [0.1, 0.15) is 11.3 Å². The van der Waals surface area contributed by atoms with Gasteiger partial charge < -0.3 is 9.30 Å². The van der Waals surface area contributed by atoms with Crippen LogP contribution < -0.4 is 5.56 Å². The Morgan fingerprint density at radius 2 is 2.04 bits per heavy atom. The van der Waals surface area contributed by atoms with E-state index in [1.807, 2.05) is 37.3 Å². The quantitative estimate of drug-likeness (QED) is 0.447. The Balaban J connectivity index is 1.66. The molecule has 1 aromatic carbocycles. The van der Waals surface area contributed by atoms with Crippen LogP contribution in [0.25, 0.3) is 16.7 Å². The molecule has 4 aromatic rings. The van der Waals surface area contributed by atoms with Gasteiger partial charge in [-0.3, -0.25) is 9.20 Å². The molecule has 144 valence electrons. The van der Waals surface area contributed by atoms with Crippen LogP contribution in [0.4, 0.5) is 0 Å². The molecule has 8 heteroatoms. The van der Waals surface area contributed by atoms with E-state index in [-0.39, 0.29) is 5.56 Å². The van der Waals surface area contributed by atoms with Gasteiger partial charge in [0.05, 0.1) is 23.3 Å². The summed E-state index contributed by atoms with van der Waals surface area (Å²) in [4.78, 5) is 21.7. The highest BCUT2D eigenvalue weighted by atomic mass is 35.5. The number of aromatic nitrogens is 4. The highest BCUT2D eigenvalue weighted by Crippen LogP contribution is 2.28. The van der Waals surface area contributed by atoms with Gasteiger partial charge in [-0.1, -0.05) is 23.4 Å². The maximum atomic E-state index is 12.4. The number of pyridine rings is 1. The van der Waals surface area contributed by atoms with Crippen LogP contribution >= 0.6 is 23.4 Å². The first-order chi connectivity index (χ1) is 13.5. The van der Waals surface area contributed by atoms with E-state index in [1.165, 1.54) is 0 Å². The number of thioether (sulfide) groups is 1. The maximum Gasteiger partial charge on any atom is 0.258 e. The fraction of sp³-hybridized carbons (Fsp3) is 0.250. The van der Waals surface area contributed by atoms with Crippen LogP contribution in [0.5, 0.6) is 0 Å². The second kappa shape index (κ2) is 7.95. The summed E-state index contributed by atoms with van der Waals surface area (Å²) in [6.07, 6.45) is 1.75. The third-order valence-electron chi connectivity index (χ3n) is 4.42. The fourth-order valence-corrected chi connectivity index (χ4v) is 4.16. The van der Waals surface area contributed by atoms with Crippen molar-refractivity contribution in [1.82, 2.24) is 18.9 Å². The molecular weight excluding hydrogens is 396 g/mol. The molecule has 0 spiro atoms. The van der Waals surface area contributed by atoms with Gasteiger partial charge in [0.25, 0.3) is 5.56 Å². The zero-order valence-electron chi connectivity index (χ0n) is 15.6. The lowest BCUT2D eigenvalue weighted by Gasteiger charge is -2.08. The van der Waals surface area contributed by atoms with Crippen molar-refractivity contribution in [2.24, 2.45) is 0 Å². The number of aryl methyl sites for hydroxylation is 1. The largest absolute Gasteiger partial charge is 0.383 e. The predicted octanol–water partition coefficient (Wildman–Crippen LogP) is 3.94. The number of fused-ring (bicyclic) bond motifs is 2. The monoisotopic (exact) mass is 414 g/mol. The van der Waals surface area contributed by atoms with Crippen molar-refractivity contribution in [3.05, 3.63) is 69.2 Å². The SMILES string of the molecule is COCCn1c(SCc2cc(=O)n3ccc(C)cc3n2)nc2cc(Cl)ccc21. The molecule has 0 aliphatic carbocycles. The van der Waals surface area contributed by atoms with E-state index in [9.17, 15) is 4.79 Å². The topological polar surface area (TPSA) is 61.4 Å². The first kappa shape index (κ1) is 19.0. The molecule has 0 aliphatic heterocycles. The fourth-order valence-electron chi connectivity index (χ4n) is 3.06. The van der Waals surface area contributed by atoms with Gasteiger partial charge in [0, 0.05) is 36.7 Å². The molecule has 0 saturated heterocycles. The lowest BCUT2D eigenvalue weighted by atomic mass is 10.3. The number of halogens is 1. The maximum absolute atomic E-state index is 12.4. The van der Waals surface area contributed by atoms with E-state index in [4.69, 9.17) is 21.3 Å². The molecule has 0 unspecified atom stereocenters. The zero-order chi connectivity index (χ0) is 19.7. The van der Waals surface area contributed by atoms with Crippen molar-refractivity contribution in [3.63, 3.8) is 0 Å². The Morgan fingerprint density at radius 3 is 2.86 bits per heavy atom. The van der Waals surface area contributed by atoms with Crippen molar-refractivity contribution in [2.75, 3.05) is 13.7 Å². The van der Waals surface area contributed by atoms with Crippen molar-refractivity contribution in [2.45, 2.75) is 24.4 Å². The molecular formula is C20H19ClN4O2S. The van der Waals surface area contributed by atoms with Crippen LogP contribution in [0.3, 0.4) is 0 Å². The summed E-state index contributed by atoms with van der Waals surface area (Å²) in [5.74, 6) is 0.545. The molecule has 0 radical (unpaired) electrons. The van der Waals surface area contributed by atoms with E-state index < -0.39 is 0 Å². The minimum Gasteiger partial charge on any atom is -0.383 e. The summed E-state index contributed by atoms with van der Waals surface area (Å²) in [5, 5.41) is 1.50. The van der Waals surface area contributed by atoms with Crippen LogP contribution in [-0.2, 0) is 17.0 Å². The Kier molecular flexibility index (Phi) is 5.39. The predicted molar refractivity (Wildman–Crippen MR) is 112 cm³/mol. The van der Waals surface area contributed by atoms with Gasteiger partial charge in [-0.15, -0.1) is 0 Å². The van der Waals surface area contributed by atoms with E-state index in [2.05, 4.69) is 9.55 Å². The lowest BCUT2D eigenvalue weighted by Crippen LogP contribution is -2.15. The van der Waals surface area contributed by atoms with Crippen LogP contribution in [0, 0.1) is 6.92 Å². The number of benzene rings is 1. The third kappa shape index (κ3) is 3.78. The molecule has 3 heterocycles. The summed E-state index contributed by atoms with van der Waals surface area (Å²) in [6, 6.07) is 11.1. The molecule has 4 rings (SSSR count). The summed E-state index contributed by atoms with van der Waals surface area (Å²) in [5.41, 5.74) is 4.21. The second-order valence-corrected chi connectivity index (χ2v) is 7.86. The van der Waals surface area contributed by atoms with Crippen molar-refractivity contribution in [1.29, 1.82) is 0 Å². The summed E-state index contributed by atoms with van der Waals surface area (Å²) in [7, 11) is 1.68. The average molecular weight is 415 g/mol. The molecule has 6 nitrogen and oxygen atoms in total. The summed E-state index contributed by atoms with van der Waals surface area (Å²) in [6.45, 7) is 3.25. The normalized spacial score (nSPS) is 11.5. The Morgan fingerprint density at radius 1 is 1.18 bits per heavy atom. The lowest BCUT2D eigenvalue weighted by molar-refractivity contribution is 0.186. The average Bonchev–Trinajstić information content (AvgIpc) is 3.00. The summed E-state index contributed by atoms with van der Waals surface area (Å²) >= 11 is 7.66. The highest BCUT2D eigenvalue weighted by Gasteiger charge is 2.13. The number of hydrogen-bond donors (Lipinski definition) is 0. The Labute approximate surface area is 171 Å². The van der Waals surface area contributed by atoms with E-state index in [0.717, 1.165) is 27.4 Å². The number of ether oxygens (including phenoxy) is 1. The highest BCUT2D eigenvalue weighted by molar-refractivity contribution is 7.98. The molecule has 0 fully saturated rings. The van der Waals surface area contributed by atoms with Gasteiger partial charge in [-0.2, -0.15) is 0 Å². The second-order valence-electron chi connectivity index (χ2n) is 6.48. The standard InChI is InChI=1S/C20H19ClN4O2S/c1-13-5-6-25-18(9-13)22-15(11-19(25)26)12-28-20-23-16-10-14(21)3-4-17(16)24(20)7-8-27-2/h3-6,9-11H,7-8,12H2,1-2H3. The van der Waals surface area contributed by atoms with Crippen LogP contribution in [-0.4, -0.2) is 32.7 Å². The molecule has 0 bridgehead atoms. The van der Waals surface area contributed by atoms with Gasteiger partial charge in [-0.05, 0) is 42.8 Å². The summed E-state index contributed by atoms with van der Waals surface area (Å²) < 4.78 is 8.90. The van der Waals surface area contributed by atoms with Gasteiger partial charge >= 0.3 is 0 Å². The molecule has 0 N–H and O–H groups in total. The minimum atomic E-state index is -0.0831. The first-order valence-electron chi connectivity index (χ1n) is 8.81. The third-order valence-corrected chi connectivity index (χ3v) is 5.66. The Hall–Kier alpha value is -2.35. The number of rotatable bonds is 6. The van der Waals surface area contributed by atoms with Crippen molar-refractivity contribution >= 4 is 40.0 Å². The number of hydrogen-bond acceptors (Lipinski definition) is 5. The van der Waals surface area contributed by atoms with Gasteiger partial charge in [0.15, 0.2) is 5.16 Å². The van der Waals surface area contributed by atoms with E-state index in [1.54, 1.807) is 35.5 Å². The van der Waals surface area contributed by atoms with E-state index in [0.29, 0.717) is 29.6 Å². The molecule has 28 heavy (non-hydrogen) atoms. The number of methoxy groups -OCH3 is 1. The minimum absolute atomic E-state index is 0.0831. The number of nitrogens with zero attached hydrogens (tertiary/aromatic N) is 4. The smallest absolute Gasteiger partial charge is 0.258 e. The van der Waals surface area contributed by atoms with E-state index >= 15 is 0 Å². The van der Waals surface area contributed by atoms with Crippen LogP contribution in [0.2, 0.25) is 5.02 Å². The molecule has 3 aromatic heterocycles. The van der Waals surface area contributed by atoms with Crippen molar-refractivity contribution in [3.8, 4) is 0 Å². The molecule has 0 atom stereocenters.